The summed E-state index contributed by atoms with van der Waals surface area (Å²) in [5, 5.41) is 31.2. The summed E-state index contributed by atoms with van der Waals surface area (Å²) in [7, 11) is 0. The molecular weight excluding hydrogens is 272 g/mol. The van der Waals surface area contributed by atoms with Crippen molar-refractivity contribution in [3.63, 3.8) is 0 Å². The minimum absolute atomic E-state index is 0.0190. The van der Waals surface area contributed by atoms with Gasteiger partial charge in [0.25, 0.3) is 0 Å². The van der Waals surface area contributed by atoms with E-state index in [1.54, 1.807) is 19.1 Å². The van der Waals surface area contributed by atoms with Gasteiger partial charge in [0.1, 0.15) is 6.10 Å². The maximum atomic E-state index is 10.0. The van der Waals surface area contributed by atoms with E-state index in [4.69, 9.17) is 9.47 Å². The van der Waals surface area contributed by atoms with Crippen LogP contribution in [0.25, 0.3) is 10.8 Å². The molecule has 4 atom stereocenters. The van der Waals surface area contributed by atoms with Crippen molar-refractivity contribution in [3.8, 4) is 11.5 Å². The third-order valence-corrected chi connectivity index (χ3v) is 3.78. The smallest absolute Gasteiger partial charge is 0.203 e. The largest absolute Gasteiger partial charge is 0.504 e. The topological polar surface area (TPSA) is 79.2 Å². The number of phenolic OH excluding ortho intramolecular Hbond substituents is 1. The second-order valence-corrected chi connectivity index (χ2v) is 5.32. The Morgan fingerprint density at radius 2 is 1.90 bits per heavy atom. The van der Waals surface area contributed by atoms with Gasteiger partial charge in [-0.05, 0) is 18.4 Å². The number of aromatic hydroxyl groups is 1. The first kappa shape index (κ1) is 14.1. The molecule has 1 aliphatic rings. The zero-order valence-electron chi connectivity index (χ0n) is 11.6. The molecule has 0 saturated carbocycles. The molecular formula is C16H18O5. The Kier molecular flexibility index (Phi) is 3.71. The van der Waals surface area contributed by atoms with Crippen molar-refractivity contribution in [1.82, 2.24) is 0 Å². The van der Waals surface area contributed by atoms with Gasteiger partial charge >= 0.3 is 0 Å². The molecule has 1 fully saturated rings. The number of fused-ring (bicyclic) bond motifs is 1. The van der Waals surface area contributed by atoms with Gasteiger partial charge in [-0.3, -0.25) is 0 Å². The van der Waals surface area contributed by atoms with Crippen molar-refractivity contribution in [1.29, 1.82) is 0 Å². The first-order chi connectivity index (χ1) is 10.1. The summed E-state index contributed by atoms with van der Waals surface area (Å²) in [6.07, 6.45) is -2.93. The number of hydrogen-bond donors (Lipinski definition) is 3. The van der Waals surface area contributed by atoms with E-state index in [0.717, 1.165) is 10.8 Å². The SMILES string of the molecule is C[C@H]1O[C@@H](Oc2c(O)ccc3ccccc23)C[C@H](O)[C@@H]1O. The van der Waals surface area contributed by atoms with Crippen molar-refractivity contribution in [2.75, 3.05) is 0 Å². The number of phenols is 1. The zero-order valence-corrected chi connectivity index (χ0v) is 11.6. The Morgan fingerprint density at radius 1 is 1.14 bits per heavy atom. The lowest BCUT2D eigenvalue weighted by atomic mass is 10.0. The quantitative estimate of drug-likeness (QED) is 0.785. The van der Waals surface area contributed by atoms with Crippen LogP contribution in [-0.2, 0) is 4.74 Å². The maximum absolute atomic E-state index is 10.0. The van der Waals surface area contributed by atoms with Gasteiger partial charge in [-0.1, -0.05) is 30.3 Å². The zero-order chi connectivity index (χ0) is 15.0. The van der Waals surface area contributed by atoms with Gasteiger partial charge in [-0.15, -0.1) is 0 Å². The molecule has 0 amide bonds. The second-order valence-electron chi connectivity index (χ2n) is 5.32. The standard InChI is InChI=1S/C16H18O5/c1-9-15(19)13(18)8-14(20-9)21-16-11-5-3-2-4-10(11)6-7-12(16)17/h2-7,9,13-15,17-19H,8H2,1H3/t9-,13+,14+,15-/m1/s1. The summed E-state index contributed by atoms with van der Waals surface area (Å²) < 4.78 is 11.3. The molecule has 0 aliphatic carbocycles. The molecule has 3 rings (SSSR count). The van der Waals surface area contributed by atoms with Crippen LogP contribution in [0.3, 0.4) is 0 Å². The van der Waals surface area contributed by atoms with E-state index in [-0.39, 0.29) is 12.2 Å². The van der Waals surface area contributed by atoms with Gasteiger partial charge < -0.3 is 24.8 Å². The second kappa shape index (κ2) is 5.52. The van der Waals surface area contributed by atoms with Crippen LogP contribution in [0.2, 0.25) is 0 Å². The molecule has 1 heterocycles. The van der Waals surface area contributed by atoms with Crippen LogP contribution in [0, 0.1) is 0 Å². The van der Waals surface area contributed by atoms with Gasteiger partial charge in [0.05, 0.1) is 12.2 Å². The molecule has 3 N–H and O–H groups in total. The van der Waals surface area contributed by atoms with E-state index >= 15 is 0 Å². The van der Waals surface area contributed by atoms with Crippen molar-refractivity contribution in [3.05, 3.63) is 36.4 Å². The molecule has 2 aromatic rings. The highest BCUT2D eigenvalue weighted by Crippen LogP contribution is 2.36. The number of rotatable bonds is 2. The van der Waals surface area contributed by atoms with Crippen LogP contribution in [0.4, 0.5) is 0 Å². The van der Waals surface area contributed by atoms with Crippen molar-refractivity contribution in [2.24, 2.45) is 0 Å². The summed E-state index contributed by atoms with van der Waals surface area (Å²) in [5.74, 6) is 0.347. The molecule has 0 spiro atoms. The van der Waals surface area contributed by atoms with Gasteiger partial charge in [0.15, 0.2) is 11.5 Å². The molecule has 21 heavy (non-hydrogen) atoms. The number of ether oxygens (including phenoxy) is 2. The molecule has 0 unspecified atom stereocenters. The van der Waals surface area contributed by atoms with E-state index in [0.29, 0.717) is 5.75 Å². The van der Waals surface area contributed by atoms with Gasteiger partial charge in [0, 0.05) is 11.8 Å². The van der Waals surface area contributed by atoms with E-state index in [1.807, 2.05) is 24.3 Å². The summed E-state index contributed by atoms with van der Waals surface area (Å²) >= 11 is 0. The normalized spacial score (nSPS) is 29.5. The molecule has 0 aromatic heterocycles. The molecule has 2 aromatic carbocycles. The summed E-state index contributed by atoms with van der Waals surface area (Å²) in [5.41, 5.74) is 0. The van der Waals surface area contributed by atoms with E-state index in [2.05, 4.69) is 0 Å². The predicted molar refractivity (Wildman–Crippen MR) is 77.2 cm³/mol. The van der Waals surface area contributed by atoms with E-state index in [1.165, 1.54) is 0 Å². The minimum Gasteiger partial charge on any atom is -0.504 e. The molecule has 0 bridgehead atoms. The predicted octanol–water partition coefficient (Wildman–Crippen LogP) is 1.78. The molecule has 5 heteroatoms. The Morgan fingerprint density at radius 3 is 2.67 bits per heavy atom. The number of hydrogen-bond acceptors (Lipinski definition) is 5. The average Bonchev–Trinajstić information content (AvgIpc) is 2.47. The maximum Gasteiger partial charge on any atom is 0.203 e. The third kappa shape index (κ3) is 2.68. The molecule has 1 saturated heterocycles. The fourth-order valence-corrected chi connectivity index (χ4v) is 2.59. The van der Waals surface area contributed by atoms with E-state index < -0.39 is 24.6 Å². The van der Waals surface area contributed by atoms with Gasteiger partial charge in [-0.25, -0.2) is 0 Å². The van der Waals surface area contributed by atoms with Crippen LogP contribution in [0.1, 0.15) is 13.3 Å². The van der Waals surface area contributed by atoms with Crippen LogP contribution >= 0.6 is 0 Å². The van der Waals surface area contributed by atoms with Gasteiger partial charge in [0.2, 0.25) is 6.29 Å². The number of aliphatic hydroxyl groups excluding tert-OH is 2. The lowest BCUT2D eigenvalue weighted by Gasteiger charge is -2.35. The first-order valence-electron chi connectivity index (χ1n) is 6.95. The molecule has 5 nitrogen and oxygen atoms in total. The highest BCUT2D eigenvalue weighted by molar-refractivity contribution is 5.90. The fourth-order valence-electron chi connectivity index (χ4n) is 2.59. The first-order valence-corrected chi connectivity index (χ1v) is 6.95. The number of aliphatic hydroxyl groups is 2. The summed E-state index contributed by atoms with van der Waals surface area (Å²) in [6, 6.07) is 10.9. The van der Waals surface area contributed by atoms with Gasteiger partial charge in [-0.2, -0.15) is 0 Å². The molecule has 112 valence electrons. The Hall–Kier alpha value is -1.82. The van der Waals surface area contributed by atoms with Crippen LogP contribution in [-0.4, -0.2) is 39.9 Å². The third-order valence-electron chi connectivity index (χ3n) is 3.78. The highest BCUT2D eigenvalue weighted by atomic mass is 16.7. The van der Waals surface area contributed by atoms with Crippen molar-refractivity contribution < 1.29 is 24.8 Å². The Bertz CT molecular complexity index is 630. The molecule has 1 aliphatic heterocycles. The Labute approximate surface area is 122 Å². The van der Waals surface area contributed by atoms with Crippen molar-refractivity contribution in [2.45, 2.75) is 37.9 Å². The van der Waals surface area contributed by atoms with Crippen molar-refractivity contribution >= 4 is 10.8 Å². The fraction of sp³-hybridized carbons (Fsp3) is 0.375. The monoisotopic (exact) mass is 290 g/mol. The van der Waals surface area contributed by atoms with Crippen LogP contribution in [0.15, 0.2) is 36.4 Å². The van der Waals surface area contributed by atoms with E-state index in [9.17, 15) is 15.3 Å². The van der Waals surface area contributed by atoms with Crippen LogP contribution in [0.5, 0.6) is 11.5 Å². The van der Waals surface area contributed by atoms with Crippen LogP contribution < -0.4 is 4.74 Å². The average molecular weight is 290 g/mol. The lowest BCUT2D eigenvalue weighted by Crippen LogP contribution is -2.48. The summed E-state index contributed by atoms with van der Waals surface area (Å²) in [6.45, 7) is 1.67. The minimum atomic E-state index is -0.925. The summed E-state index contributed by atoms with van der Waals surface area (Å²) in [4.78, 5) is 0. The lowest BCUT2D eigenvalue weighted by molar-refractivity contribution is -0.216. The molecule has 0 radical (unpaired) electrons. The number of benzene rings is 2. The Balaban J connectivity index is 1.90. The highest BCUT2D eigenvalue weighted by Gasteiger charge is 2.35.